The largest absolute Gasteiger partial charge is 0.472 e. The van der Waals surface area contributed by atoms with Crippen molar-refractivity contribution in [3.05, 3.63) is 0 Å². The van der Waals surface area contributed by atoms with E-state index in [9.17, 15) is 43.2 Å². The van der Waals surface area contributed by atoms with Crippen LogP contribution in [0.4, 0.5) is 0 Å². The topological polar surface area (TPSA) is 237 Å². The second kappa shape index (κ2) is 76.1. The molecule has 0 fully saturated rings. The zero-order chi connectivity index (χ0) is 77.2. The van der Waals surface area contributed by atoms with E-state index in [0.717, 1.165) is 108 Å². The van der Waals surface area contributed by atoms with Crippen LogP contribution in [0.3, 0.4) is 0 Å². The van der Waals surface area contributed by atoms with Gasteiger partial charge in [0, 0.05) is 25.7 Å². The van der Waals surface area contributed by atoms with E-state index in [1.165, 1.54) is 257 Å². The molecule has 105 heavy (non-hydrogen) atoms. The molecule has 0 heterocycles. The highest BCUT2D eigenvalue weighted by atomic mass is 31.2. The maximum atomic E-state index is 13.1. The number of unbranched alkanes of at least 4 members (excludes halogenated alkanes) is 51. The van der Waals surface area contributed by atoms with E-state index in [0.29, 0.717) is 31.6 Å². The maximum absolute atomic E-state index is 13.1. The lowest BCUT2D eigenvalue weighted by atomic mass is 9.99. The van der Waals surface area contributed by atoms with Gasteiger partial charge in [-0.15, -0.1) is 0 Å². The van der Waals surface area contributed by atoms with Crippen LogP contribution in [0.15, 0.2) is 0 Å². The van der Waals surface area contributed by atoms with Crippen molar-refractivity contribution in [2.45, 2.75) is 471 Å². The van der Waals surface area contributed by atoms with Crippen LogP contribution in [-0.2, 0) is 65.4 Å². The fourth-order valence-electron chi connectivity index (χ4n) is 13.3. The van der Waals surface area contributed by atoms with Crippen molar-refractivity contribution in [2.24, 2.45) is 17.8 Å². The highest BCUT2D eigenvalue weighted by molar-refractivity contribution is 7.47. The number of hydrogen-bond donors (Lipinski definition) is 3. The number of phosphoric ester groups is 2. The van der Waals surface area contributed by atoms with Crippen molar-refractivity contribution >= 4 is 39.5 Å². The third-order valence-electron chi connectivity index (χ3n) is 20.5. The van der Waals surface area contributed by atoms with Gasteiger partial charge in [0.15, 0.2) is 12.2 Å². The molecule has 0 amide bonds. The monoisotopic (exact) mass is 1540 g/mol. The molecule has 0 aromatic carbocycles. The number of rotatable bonds is 84. The Morgan fingerprint density at radius 3 is 0.724 bits per heavy atom. The van der Waals surface area contributed by atoms with E-state index in [1.54, 1.807) is 0 Å². The zero-order valence-electron chi connectivity index (χ0n) is 69.2. The van der Waals surface area contributed by atoms with Crippen LogP contribution in [-0.4, -0.2) is 96.7 Å². The molecule has 0 bridgehead atoms. The minimum atomic E-state index is -4.97. The van der Waals surface area contributed by atoms with E-state index in [2.05, 4.69) is 48.5 Å². The number of hydrogen-bond acceptors (Lipinski definition) is 15. The molecule has 0 spiro atoms. The SMILES string of the molecule is CCCCCCCCCCCCCCCCCCC(=O)O[C@H](COC(=O)CCCCCCCCC(C)C)COP(=O)(O)OC[C@H](O)COP(=O)(O)OC[C@@H](COC(=O)CCCCCCCCCCCCCCCCCC(C)C)OC(=O)CCCCCCCCCCCCCCCCCCCCC(C)CC. The first-order valence-electron chi connectivity index (χ1n) is 44.4. The predicted molar refractivity (Wildman–Crippen MR) is 432 cm³/mol. The Morgan fingerprint density at radius 2 is 0.486 bits per heavy atom. The Bertz CT molecular complexity index is 2030. The first kappa shape index (κ1) is 103. The highest BCUT2D eigenvalue weighted by Gasteiger charge is 2.30. The molecule has 0 radical (unpaired) electrons. The number of phosphoric acid groups is 2. The number of aliphatic hydroxyl groups is 1. The first-order valence-corrected chi connectivity index (χ1v) is 47.4. The molecule has 0 aromatic heterocycles. The van der Waals surface area contributed by atoms with Crippen molar-refractivity contribution in [2.75, 3.05) is 39.6 Å². The highest BCUT2D eigenvalue weighted by Crippen LogP contribution is 2.45. The smallest absolute Gasteiger partial charge is 0.462 e. The Kier molecular flexibility index (Phi) is 74.7. The summed E-state index contributed by atoms with van der Waals surface area (Å²) in [4.78, 5) is 73.2. The first-order chi connectivity index (χ1) is 50.8. The van der Waals surface area contributed by atoms with Crippen LogP contribution in [0.5, 0.6) is 0 Å². The molecule has 0 aliphatic carbocycles. The Morgan fingerprint density at radius 1 is 0.276 bits per heavy atom. The molecular weight excluding hydrogens is 1370 g/mol. The summed E-state index contributed by atoms with van der Waals surface area (Å²) in [7, 11) is -9.93. The van der Waals surface area contributed by atoms with Gasteiger partial charge in [-0.1, -0.05) is 402 Å². The molecule has 0 saturated carbocycles. The Labute approximate surface area is 645 Å². The molecule has 0 saturated heterocycles. The van der Waals surface area contributed by atoms with Gasteiger partial charge in [0.25, 0.3) is 0 Å². The van der Waals surface area contributed by atoms with E-state index >= 15 is 0 Å². The Balaban J connectivity index is 5.21. The Hall–Kier alpha value is -1.94. The average Bonchev–Trinajstić information content (AvgIpc) is 0.957. The maximum Gasteiger partial charge on any atom is 0.472 e. The molecule has 19 heteroatoms. The van der Waals surface area contributed by atoms with Crippen LogP contribution < -0.4 is 0 Å². The van der Waals surface area contributed by atoms with Gasteiger partial charge in [0.2, 0.25) is 0 Å². The van der Waals surface area contributed by atoms with Gasteiger partial charge >= 0.3 is 39.5 Å². The summed E-state index contributed by atoms with van der Waals surface area (Å²) in [5, 5.41) is 10.7. The predicted octanol–water partition coefficient (Wildman–Crippen LogP) is 26.1. The molecular formula is C86H168O17P2. The summed E-state index contributed by atoms with van der Waals surface area (Å²) < 4.78 is 68.8. The van der Waals surface area contributed by atoms with E-state index in [-0.39, 0.29) is 25.7 Å². The lowest BCUT2D eigenvalue weighted by Gasteiger charge is -2.21. The van der Waals surface area contributed by atoms with Crippen LogP contribution in [0.1, 0.15) is 453 Å². The van der Waals surface area contributed by atoms with E-state index in [1.807, 2.05) is 0 Å². The van der Waals surface area contributed by atoms with Gasteiger partial charge in [-0.05, 0) is 43.4 Å². The van der Waals surface area contributed by atoms with Crippen molar-refractivity contribution in [1.29, 1.82) is 0 Å². The summed E-state index contributed by atoms with van der Waals surface area (Å²) in [6, 6.07) is 0. The summed E-state index contributed by atoms with van der Waals surface area (Å²) >= 11 is 0. The van der Waals surface area contributed by atoms with Gasteiger partial charge in [0.05, 0.1) is 26.4 Å². The molecule has 3 N–H and O–H groups in total. The normalized spacial score (nSPS) is 14.1. The van der Waals surface area contributed by atoms with Crippen LogP contribution >= 0.6 is 15.6 Å². The number of esters is 4. The van der Waals surface area contributed by atoms with Gasteiger partial charge in [-0.3, -0.25) is 37.3 Å². The minimum absolute atomic E-state index is 0.107. The van der Waals surface area contributed by atoms with Gasteiger partial charge in [-0.2, -0.15) is 0 Å². The summed E-state index contributed by atoms with van der Waals surface area (Å²) in [5.41, 5.74) is 0. The molecule has 6 atom stereocenters. The summed E-state index contributed by atoms with van der Waals surface area (Å²) in [5.74, 6) is 0.250. The minimum Gasteiger partial charge on any atom is -0.462 e. The second-order valence-electron chi connectivity index (χ2n) is 32.1. The molecule has 17 nitrogen and oxygen atoms in total. The fourth-order valence-corrected chi connectivity index (χ4v) is 14.9. The quantitative estimate of drug-likeness (QED) is 0.0222. The molecule has 0 aliphatic heterocycles. The molecule has 0 aromatic rings. The van der Waals surface area contributed by atoms with Crippen molar-refractivity contribution < 1.29 is 80.2 Å². The van der Waals surface area contributed by atoms with Crippen LogP contribution in [0, 0.1) is 17.8 Å². The van der Waals surface area contributed by atoms with Gasteiger partial charge < -0.3 is 33.8 Å². The standard InChI is InChI=1S/C86H168O17P2/c1-8-10-11-12-13-14-15-16-17-25-31-36-41-46-55-62-70-86(91)103-82(74-97-84(89)68-61-54-49-48-51-58-65-78(5)6)76-101-105(94,95)99-72-80(87)71-98-104(92,93)100-75-81(73-96-83(88)67-60-53-45-40-35-30-27-22-23-28-33-38-43-50-57-64-77(3)4)102-85(90)69-63-56-47-42-37-32-26-21-19-18-20-24-29-34-39-44-52-59-66-79(7)9-2/h77-82,87H,8-76H2,1-7H3,(H,92,93)(H,94,95)/t79?,80-,81-,82-/m1/s1. The van der Waals surface area contributed by atoms with Gasteiger partial charge in [0.1, 0.15) is 19.3 Å². The summed E-state index contributed by atoms with van der Waals surface area (Å²) in [6.45, 7) is 12.0. The second-order valence-corrected chi connectivity index (χ2v) is 35.0. The molecule has 3 unspecified atom stereocenters. The van der Waals surface area contributed by atoms with Crippen LogP contribution in [0.25, 0.3) is 0 Å². The number of aliphatic hydroxyl groups excluding tert-OH is 1. The van der Waals surface area contributed by atoms with Gasteiger partial charge in [-0.25, -0.2) is 9.13 Å². The average molecular weight is 1540 g/mol. The zero-order valence-corrected chi connectivity index (χ0v) is 71.0. The lowest BCUT2D eigenvalue weighted by Crippen LogP contribution is -2.30. The number of carbonyl (C=O) groups is 4. The number of ether oxygens (including phenoxy) is 4. The van der Waals surface area contributed by atoms with Crippen molar-refractivity contribution in [3.63, 3.8) is 0 Å². The third-order valence-corrected chi connectivity index (χ3v) is 22.4. The lowest BCUT2D eigenvalue weighted by molar-refractivity contribution is -0.161. The van der Waals surface area contributed by atoms with Crippen molar-refractivity contribution in [3.8, 4) is 0 Å². The van der Waals surface area contributed by atoms with E-state index < -0.39 is 97.5 Å². The van der Waals surface area contributed by atoms with Crippen molar-refractivity contribution in [1.82, 2.24) is 0 Å². The molecule has 0 aliphatic rings. The van der Waals surface area contributed by atoms with Crippen LogP contribution in [0.2, 0.25) is 0 Å². The molecule has 624 valence electrons. The number of carbonyl (C=O) groups excluding carboxylic acids is 4. The molecule has 0 rings (SSSR count). The van der Waals surface area contributed by atoms with E-state index in [4.69, 9.17) is 37.0 Å². The summed E-state index contributed by atoms with van der Waals surface area (Å²) in [6.07, 6.45) is 66.8. The third kappa shape index (κ3) is 78.5. The fraction of sp³-hybridized carbons (Fsp3) is 0.953.